The Balaban J connectivity index is 2.05. The maximum absolute atomic E-state index is 10.5. The van der Waals surface area contributed by atoms with Gasteiger partial charge >= 0.3 is 5.97 Å². The second-order valence-corrected chi connectivity index (χ2v) is 5.61. The highest BCUT2D eigenvalue weighted by molar-refractivity contribution is 9.10. The van der Waals surface area contributed by atoms with Crippen LogP contribution in [0.1, 0.15) is 12.8 Å². The van der Waals surface area contributed by atoms with Gasteiger partial charge in [0.25, 0.3) is 0 Å². The van der Waals surface area contributed by atoms with Gasteiger partial charge in [0, 0.05) is 27.6 Å². The van der Waals surface area contributed by atoms with Crippen LogP contribution in [0.15, 0.2) is 27.6 Å². The predicted octanol–water partition coefficient (Wildman–Crippen LogP) is 3.20. The Morgan fingerprint density at radius 1 is 1.62 bits per heavy atom. The second kappa shape index (κ2) is 5.10. The van der Waals surface area contributed by atoms with Crippen LogP contribution in [-0.4, -0.2) is 22.9 Å². The summed E-state index contributed by atoms with van der Waals surface area (Å²) in [6.45, 7) is 0. The molecule has 86 valence electrons. The molecule has 0 spiro atoms. The largest absolute Gasteiger partial charge is 0.481 e. The van der Waals surface area contributed by atoms with Crippen LogP contribution in [-0.2, 0) is 4.79 Å². The van der Waals surface area contributed by atoms with Crippen molar-refractivity contribution in [1.82, 2.24) is 0 Å². The van der Waals surface area contributed by atoms with E-state index in [1.807, 2.05) is 12.1 Å². The van der Waals surface area contributed by atoms with Gasteiger partial charge in [0.05, 0.1) is 5.69 Å². The fourth-order valence-corrected chi connectivity index (χ4v) is 3.38. The quantitative estimate of drug-likeness (QED) is 0.900. The summed E-state index contributed by atoms with van der Waals surface area (Å²) in [5, 5.41) is 12.0. The summed E-state index contributed by atoms with van der Waals surface area (Å²) in [5.41, 5.74) is 1.09. The zero-order chi connectivity index (χ0) is 11.5. The standard InChI is InChI=1S/C11H12BrNO2S/c12-8-2-1-3-9-11(8)13-7(6-16-9)4-5-10(14)15/h1-3,7,13H,4-6H2,(H,14,15). The first kappa shape index (κ1) is 11.8. The first-order valence-electron chi connectivity index (χ1n) is 5.06. The number of fused-ring (bicyclic) bond motifs is 1. The molecule has 1 aromatic rings. The van der Waals surface area contributed by atoms with E-state index in [9.17, 15) is 4.79 Å². The number of thioether (sulfide) groups is 1. The van der Waals surface area contributed by atoms with Crippen LogP contribution in [0, 0.1) is 0 Å². The number of hydrogen-bond donors (Lipinski definition) is 2. The molecule has 0 fully saturated rings. The van der Waals surface area contributed by atoms with Crippen molar-refractivity contribution in [3.8, 4) is 0 Å². The molecule has 2 rings (SSSR count). The number of para-hydroxylation sites is 1. The highest BCUT2D eigenvalue weighted by Crippen LogP contribution is 2.38. The van der Waals surface area contributed by atoms with Crippen LogP contribution in [0.4, 0.5) is 5.69 Å². The number of anilines is 1. The number of benzene rings is 1. The number of carboxylic acids is 1. The van der Waals surface area contributed by atoms with Crippen LogP contribution in [0.3, 0.4) is 0 Å². The number of hydrogen-bond acceptors (Lipinski definition) is 3. The molecule has 0 bridgehead atoms. The molecule has 2 N–H and O–H groups in total. The van der Waals surface area contributed by atoms with Gasteiger partial charge in [-0.2, -0.15) is 0 Å². The lowest BCUT2D eigenvalue weighted by atomic mass is 10.1. The number of carbonyl (C=O) groups is 1. The number of halogens is 1. The zero-order valence-electron chi connectivity index (χ0n) is 8.57. The Morgan fingerprint density at radius 3 is 3.19 bits per heavy atom. The minimum absolute atomic E-state index is 0.220. The van der Waals surface area contributed by atoms with E-state index in [0.29, 0.717) is 6.42 Å². The molecule has 1 unspecified atom stereocenters. The lowest BCUT2D eigenvalue weighted by molar-refractivity contribution is -0.137. The molecule has 1 heterocycles. The van der Waals surface area contributed by atoms with Crippen molar-refractivity contribution >= 4 is 39.3 Å². The third-order valence-electron chi connectivity index (χ3n) is 2.47. The minimum Gasteiger partial charge on any atom is -0.481 e. The van der Waals surface area contributed by atoms with Crippen molar-refractivity contribution < 1.29 is 9.90 Å². The smallest absolute Gasteiger partial charge is 0.303 e. The Hall–Kier alpha value is -0.680. The molecule has 1 atom stereocenters. The third kappa shape index (κ3) is 2.71. The fourth-order valence-electron chi connectivity index (χ4n) is 1.65. The van der Waals surface area contributed by atoms with Gasteiger partial charge in [0.1, 0.15) is 0 Å². The summed E-state index contributed by atoms with van der Waals surface area (Å²) in [4.78, 5) is 11.7. The molecule has 16 heavy (non-hydrogen) atoms. The van der Waals surface area contributed by atoms with Crippen molar-refractivity contribution in [1.29, 1.82) is 0 Å². The highest BCUT2D eigenvalue weighted by Gasteiger charge is 2.20. The molecule has 0 amide bonds. The summed E-state index contributed by atoms with van der Waals surface area (Å²) in [5.74, 6) is 0.196. The number of carboxylic acid groups (broad SMARTS) is 1. The van der Waals surface area contributed by atoms with Crippen molar-refractivity contribution in [2.24, 2.45) is 0 Å². The van der Waals surface area contributed by atoms with Crippen LogP contribution in [0.25, 0.3) is 0 Å². The molecule has 5 heteroatoms. The van der Waals surface area contributed by atoms with Gasteiger partial charge < -0.3 is 10.4 Å². The molecule has 0 saturated heterocycles. The summed E-state index contributed by atoms with van der Waals surface area (Å²) in [6.07, 6.45) is 0.890. The van der Waals surface area contributed by atoms with Crippen molar-refractivity contribution in [3.05, 3.63) is 22.7 Å². The normalized spacial score (nSPS) is 18.7. The SMILES string of the molecule is O=C(O)CCC1CSc2cccc(Br)c2N1. The van der Waals surface area contributed by atoms with E-state index in [1.165, 1.54) is 4.90 Å². The number of nitrogens with one attached hydrogen (secondary N) is 1. The highest BCUT2D eigenvalue weighted by atomic mass is 79.9. The van der Waals surface area contributed by atoms with Gasteiger partial charge in [-0.3, -0.25) is 4.79 Å². The van der Waals surface area contributed by atoms with Gasteiger partial charge in [0.15, 0.2) is 0 Å². The van der Waals surface area contributed by atoms with E-state index < -0.39 is 5.97 Å². The van der Waals surface area contributed by atoms with Crippen molar-refractivity contribution in [3.63, 3.8) is 0 Å². The molecule has 0 radical (unpaired) electrons. The fraction of sp³-hybridized carbons (Fsp3) is 0.364. The lowest BCUT2D eigenvalue weighted by Crippen LogP contribution is -2.26. The van der Waals surface area contributed by atoms with Gasteiger partial charge in [-0.15, -0.1) is 11.8 Å². The maximum Gasteiger partial charge on any atom is 0.303 e. The Bertz CT molecular complexity index is 411. The molecule has 1 aromatic carbocycles. The summed E-state index contributed by atoms with van der Waals surface area (Å²) in [7, 11) is 0. The van der Waals surface area contributed by atoms with E-state index in [1.54, 1.807) is 11.8 Å². The molecular weight excluding hydrogens is 290 g/mol. The van der Waals surface area contributed by atoms with Crippen molar-refractivity contribution in [2.75, 3.05) is 11.1 Å². The molecule has 1 aliphatic heterocycles. The van der Waals surface area contributed by atoms with Gasteiger partial charge in [0.2, 0.25) is 0 Å². The van der Waals surface area contributed by atoms with Gasteiger partial charge in [-0.25, -0.2) is 0 Å². The first-order chi connectivity index (χ1) is 7.66. The van der Waals surface area contributed by atoms with Crippen LogP contribution < -0.4 is 5.32 Å². The van der Waals surface area contributed by atoms with E-state index in [0.717, 1.165) is 15.9 Å². The number of aliphatic carboxylic acids is 1. The van der Waals surface area contributed by atoms with Crippen LogP contribution >= 0.6 is 27.7 Å². The molecule has 0 saturated carbocycles. The van der Waals surface area contributed by atoms with Gasteiger partial charge in [-0.05, 0) is 34.5 Å². The Morgan fingerprint density at radius 2 is 2.44 bits per heavy atom. The number of rotatable bonds is 3. The molecular formula is C11H12BrNO2S. The summed E-state index contributed by atoms with van der Waals surface area (Å²) in [6, 6.07) is 6.32. The lowest BCUT2D eigenvalue weighted by Gasteiger charge is -2.27. The van der Waals surface area contributed by atoms with Crippen molar-refractivity contribution in [2.45, 2.75) is 23.8 Å². The second-order valence-electron chi connectivity index (χ2n) is 3.70. The molecule has 0 aliphatic carbocycles. The van der Waals surface area contributed by atoms with E-state index in [2.05, 4.69) is 27.3 Å². The van der Waals surface area contributed by atoms with E-state index in [-0.39, 0.29) is 12.5 Å². The average Bonchev–Trinajstić information content (AvgIpc) is 2.27. The van der Waals surface area contributed by atoms with Crippen LogP contribution in [0.5, 0.6) is 0 Å². The third-order valence-corrected chi connectivity index (χ3v) is 4.35. The van der Waals surface area contributed by atoms with Crippen LogP contribution in [0.2, 0.25) is 0 Å². The first-order valence-corrected chi connectivity index (χ1v) is 6.84. The summed E-state index contributed by atoms with van der Waals surface area (Å²) >= 11 is 5.27. The Labute approximate surface area is 107 Å². The maximum atomic E-state index is 10.5. The molecule has 3 nitrogen and oxygen atoms in total. The predicted molar refractivity (Wildman–Crippen MR) is 69.1 cm³/mol. The molecule has 0 aromatic heterocycles. The monoisotopic (exact) mass is 301 g/mol. The van der Waals surface area contributed by atoms with Gasteiger partial charge in [-0.1, -0.05) is 6.07 Å². The average molecular weight is 302 g/mol. The zero-order valence-corrected chi connectivity index (χ0v) is 11.0. The Kier molecular flexibility index (Phi) is 3.76. The summed E-state index contributed by atoms with van der Waals surface area (Å²) < 4.78 is 1.04. The topological polar surface area (TPSA) is 49.3 Å². The van der Waals surface area contributed by atoms with E-state index in [4.69, 9.17) is 5.11 Å². The van der Waals surface area contributed by atoms with E-state index >= 15 is 0 Å². The minimum atomic E-state index is -0.732. The molecule has 1 aliphatic rings.